The van der Waals surface area contributed by atoms with E-state index in [0.717, 1.165) is 26.1 Å². The molecule has 0 bridgehead atoms. The summed E-state index contributed by atoms with van der Waals surface area (Å²) in [5, 5.41) is 0. The molecule has 0 aromatic heterocycles. The molecular formula is C24H33N3O3S. The van der Waals surface area contributed by atoms with Crippen molar-refractivity contribution in [3.8, 4) is 0 Å². The second kappa shape index (κ2) is 10.4. The van der Waals surface area contributed by atoms with E-state index in [4.69, 9.17) is 0 Å². The Morgan fingerprint density at radius 3 is 2.35 bits per heavy atom. The molecule has 1 heterocycles. The number of aryl methyl sites for hydroxylation is 1. The number of hydrogen-bond acceptors (Lipinski definition) is 4. The Balaban J connectivity index is 1.74. The van der Waals surface area contributed by atoms with Crippen molar-refractivity contribution in [2.45, 2.75) is 38.6 Å². The molecule has 0 atom stereocenters. The smallest absolute Gasteiger partial charge is 0.253 e. The molecule has 0 saturated carbocycles. The van der Waals surface area contributed by atoms with E-state index < -0.39 is 10.0 Å². The second-order valence-corrected chi connectivity index (χ2v) is 9.88. The number of sulfonamides is 1. The van der Waals surface area contributed by atoms with Crippen LogP contribution in [0.3, 0.4) is 0 Å². The maximum absolute atomic E-state index is 13.2. The molecule has 1 saturated heterocycles. The normalized spacial score (nSPS) is 15.8. The Labute approximate surface area is 186 Å². The third kappa shape index (κ3) is 5.53. The van der Waals surface area contributed by atoms with Gasteiger partial charge in [0.15, 0.2) is 0 Å². The van der Waals surface area contributed by atoms with Gasteiger partial charge in [0.1, 0.15) is 0 Å². The molecule has 0 radical (unpaired) electrons. The van der Waals surface area contributed by atoms with Crippen LogP contribution in [0.2, 0.25) is 0 Å². The minimum atomic E-state index is -3.61. The summed E-state index contributed by atoms with van der Waals surface area (Å²) in [6.45, 7) is 10.2. The van der Waals surface area contributed by atoms with Gasteiger partial charge in [0, 0.05) is 51.4 Å². The van der Waals surface area contributed by atoms with E-state index in [0.29, 0.717) is 37.3 Å². The molecule has 31 heavy (non-hydrogen) atoms. The minimum absolute atomic E-state index is 0.0995. The number of benzene rings is 2. The Bertz CT molecular complexity index is 988. The monoisotopic (exact) mass is 443 g/mol. The van der Waals surface area contributed by atoms with Gasteiger partial charge in [-0.1, -0.05) is 50.2 Å². The van der Waals surface area contributed by atoms with Crippen molar-refractivity contribution in [1.82, 2.24) is 14.1 Å². The van der Waals surface area contributed by atoms with Crippen LogP contribution in [0.1, 0.15) is 41.8 Å². The second-order valence-electron chi connectivity index (χ2n) is 7.98. The van der Waals surface area contributed by atoms with Crippen LogP contribution in [0.25, 0.3) is 0 Å². The average Bonchev–Trinajstić information content (AvgIpc) is 3.00. The Morgan fingerprint density at radius 2 is 1.68 bits per heavy atom. The van der Waals surface area contributed by atoms with Crippen LogP contribution in [-0.4, -0.2) is 67.7 Å². The molecule has 1 aliphatic rings. The average molecular weight is 444 g/mol. The SMILES string of the molecule is CCN(CC)S(=O)(=O)c1cc(C(=O)N2CCCN(Cc3ccccc3)CC2)ccc1C. The molecule has 3 rings (SSSR count). The van der Waals surface area contributed by atoms with Crippen LogP contribution in [0, 0.1) is 6.92 Å². The predicted octanol–water partition coefficient (Wildman–Crippen LogP) is 3.37. The van der Waals surface area contributed by atoms with Gasteiger partial charge in [-0.3, -0.25) is 9.69 Å². The maximum Gasteiger partial charge on any atom is 0.253 e. The van der Waals surface area contributed by atoms with Crippen LogP contribution < -0.4 is 0 Å². The molecule has 1 aliphatic heterocycles. The summed E-state index contributed by atoms with van der Waals surface area (Å²) in [6.07, 6.45) is 0.898. The summed E-state index contributed by atoms with van der Waals surface area (Å²) in [5.74, 6) is -0.0995. The lowest BCUT2D eigenvalue weighted by Crippen LogP contribution is -2.35. The molecule has 2 aromatic rings. The number of rotatable bonds is 7. The van der Waals surface area contributed by atoms with E-state index in [1.807, 2.05) is 36.9 Å². The van der Waals surface area contributed by atoms with E-state index in [1.165, 1.54) is 9.87 Å². The van der Waals surface area contributed by atoms with Gasteiger partial charge in [-0.2, -0.15) is 4.31 Å². The summed E-state index contributed by atoms with van der Waals surface area (Å²) in [5.41, 5.74) is 2.37. The summed E-state index contributed by atoms with van der Waals surface area (Å²) in [6, 6.07) is 15.4. The minimum Gasteiger partial charge on any atom is -0.337 e. The van der Waals surface area contributed by atoms with Crippen molar-refractivity contribution in [2.75, 3.05) is 39.3 Å². The fourth-order valence-corrected chi connectivity index (χ4v) is 5.78. The van der Waals surface area contributed by atoms with E-state index >= 15 is 0 Å². The van der Waals surface area contributed by atoms with Gasteiger partial charge in [-0.25, -0.2) is 8.42 Å². The Kier molecular flexibility index (Phi) is 7.86. The van der Waals surface area contributed by atoms with Crippen molar-refractivity contribution in [3.05, 3.63) is 65.2 Å². The first-order valence-corrected chi connectivity index (χ1v) is 12.5. The summed E-state index contributed by atoms with van der Waals surface area (Å²) in [4.78, 5) is 17.7. The topological polar surface area (TPSA) is 60.9 Å². The lowest BCUT2D eigenvalue weighted by Gasteiger charge is -2.23. The molecule has 0 N–H and O–H groups in total. The van der Waals surface area contributed by atoms with Crippen LogP contribution in [0.5, 0.6) is 0 Å². The van der Waals surface area contributed by atoms with E-state index in [1.54, 1.807) is 25.1 Å². The highest BCUT2D eigenvalue weighted by Gasteiger charge is 2.26. The lowest BCUT2D eigenvalue weighted by atomic mass is 10.1. The number of carbonyl (C=O) groups is 1. The molecule has 6 nitrogen and oxygen atoms in total. The zero-order valence-corrected chi connectivity index (χ0v) is 19.6. The third-order valence-corrected chi connectivity index (χ3v) is 8.07. The maximum atomic E-state index is 13.2. The highest BCUT2D eigenvalue weighted by atomic mass is 32.2. The van der Waals surface area contributed by atoms with Gasteiger partial charge >= 0.3 is 0 Å². The standard InChI is InChI=1S/C24H33N3O3S/c1-4-27(5-2)31(29,30)23-18-22(13-12-20(23)3)24(28)26-15-9-14-25(16-17-26)19-21-10-7-6-8-11-21/h6-8,10-13,18H,4-5,9,14-17,19H2,1-3H3. The molecule has 1 fully saturated rings. The van der Waals surface area contributed by atoms with Crippen LogP contribution in [0.15, 0.2) is 53.4 Å². The third-order valence-electron chi connectivity index (χ3n) is 5.88. The number of nitrogens with zero attached hydrogens (tertiary/aromatic N) is 3. The van der Waals surface area contributed by atoms with Gasteiger partial charge in [-0.05, 0) is 36.6 Å². The predicted molar refractivity (Wildman–Crippen MR) is 124 cm³/mol. The molecule has 0 unspecified atom stereocenters. The van der Waals surface area contributed by atoms with Gasteiger partial charge in [0.05, 0.1) is 4.90 Å². The van der Waals surface area contributed by atoms with E-state index in [2.05, 4.69) is 17.0 Å². The molecule has 7 heteroatoms. The molecular weight excluding hydrogens is 410 g/mol. The lowest BCUT2D eigenvalue weighted by molar-refractivity contribution is 0.0761. The van der Waals surface area contributed by atoms with Crippen LogP contribution >= 0.6 is 0 Å². The van der Waals surface area contributed by atoms with Crippen molar-refractivity contribution in [3.63, 3.8) is 0 Å². The van der Waals surface area contributed by atoms with Gasteiger partial charge < -0.3 is 4.90 Å². The first-order valence-electron chi connectivity index (χ1n) is 11.0. The van der Waals surface area contributed by atoms with Crippen LogP contribution in [-0.2, 0) is 16.6 Å². The summed E-state index contributed by atoms with van der Waals surface area (Å²) >= 11 is 0. The molecule has 0 aliphatic carbocycles. The summed E-state index contributed by atoms with van der Waals surface area (Å²) < 4.78 is 27.5. The number of hydrogen-bond donors (Lipinski definition) is 0. The fourth-order valence-electron chi connectivity index (χ4n) is 4.07. The largest absolute Gasteiger partial charge is 0.337 e. The van der Waals surface area contributed by atoms with Crippen LogP contribution in [0.4, 0.5) is 0 Å². The van der Waals surface area contributed by atoms with Crippen molar-refractivity contribution in [1.29, 1.82) is 0 Å². The highest BCUT2D eigenvalue weighted by molar-refractivity contribution is 7.89. The molecule has 0 spiro atoms. The zero-order valence-electron chi connectivity index (χ0n) is 18.8. The summed E-state index contributed by atoms with van der Waals surface area (Å²) in [7, 11) is -3.61. The number of amides is 1. The Hall–Kier alpha value is -2.22. The molecule has 168 valence electrons. The van der Waals surface area contributed by atoms with Crippen molar-refractivity contribution < 1.29 is 13.2 Å². The van der Waals surface area contributed by atoms with E-state index in [9.17, 15) is 13.2 Å². The van der Waals surface area contributed by atoms with Crippen molar-refractivity contribution >= 4 is 15.9 Å². The van der Waals surface area contributed by atoms with Gasteiger partial charge in [0.25, 0.3) is 5.91 Å². The van der Waals surface area contributed by atoms with Crippen molar-refractivity contribution in [2.24, 2.45) is 0 Å². The van der Waals surface area contributed by atoms with E-state index in [-0.39, 0.29) is 10.8 Å². The van der Waals surface area contributed by atoms with Gasteiger partial charge in [0.2, 0.25) is 10.0 Å². The van der Waals surface area contributed by atoms with Gasteiger partial charge in [-0.15, -0.1) is 0 Å². The quantitative estimate of drug-likeness (QED) is 0.658. The zero-order chi connectivity index (χ0) is 22.4. The molecule has 1 amide bonds. The fraction of sp³-hybridized carbons (Fsp3) is 0.458. The number of carbonyl (C=O) groups excluding carboxylic acids is 1. The highest BCUT2D eigenvalue weighted by Crippen LogP contribution is 2.22. The molecule has 2 aromatic carbocycles. The Morgan fingerprint density at radius 1 is 0.968 bits per heavy atom. The first kappa shape index (κ1) is 23.4. The first-order chi connectivity index (χ1) is 14.9.